The lowest BCUT2D eigenvalue weighted by molar-refractivity contribution is 0.0996. The number of hydrogen-bond acceptors (Lipinski definition) is 8. The Kier molecular flexibility index (Phi) is 9.93. The third-order valence-corrected chi connectivity index (χ3v) is 6.71. The molecular weight excluding hydrogens is 494 g/mol. The van der Waals surface area contributed by atoms with Crippen LogP contribution in [0.4, 0.5) is 18.6 Å². The molecule has 36 heavy (non-hydrogen) atoms. The molecule has 2 heterocycles. The number of nitrogens with one attached hydrogen (secondary N) is 2. The first-order valence-electron chi connectivity index (χ1n) is 11.6. The van der Waals surface area contributed by atoms with Gasteiger partial charge in [-0.1, -0.05) is 0 Å². The van der Waals surface area contributed by atoms with Crippen LogP contribution in [0.2, 0.25) is 0 Å². The second-order valence-electron chi connectivity index (χ2n) is 8.79. The number of primary amides is 1. The molecule has 13 heteroatoms. The van der Waals surface area contributed by atoms with Gasteiger partial charge in [0.1, 0.15) is 28.8 Å². The summed E-state index contributed by atoms with van der Waals surface area (Å²) >= 11 is 0.768. The number of ether oxygens (including phenoxy) is 1. The maximum Gasteiger partial charge on any atom is 0.319 e. The fourth-order valence-corrected chi connectivity index (χ4v) is 4.40. The molecule has 3 rings (SSSR count). The lowest BCUT2D eigenvalue weighted by Crippen LogP contribution is -2.45. The summed E-state index contributed by atoms with van der Waals surface area (Å²) < 4.78 is 37.2. The van der Waals surface area contributed by atoms with Gasteiger partial charge in [0.25, 0.3) is 5.91 Å². The first kappa shape index (κ1) is 27.7. The van der Waals surface area contributed by atoms with Crippen LogP contribution in [-0.4, -0.2) is 83.6 Å². The summed E-state index contributed by atoms with van der Waals surface area (Å²) in [6, 6.07) is 1.45. The summed E-state index contributed by atoms with van der Waals surface area (Å²) in [7, 11) is 2.09. The van der Waals surface area contributed by atoms with Crippen molar-refractivity contribution in [2.75, 3.05) is 51.6 Å². The molecule has 1 atom stereocenters. The number of nitrogens with two attached hydrogens (primary N) is 1. The Balaban J connectivity index is 1.46. The molecule has 1 aromatic carbocycles. The summed E-state index contributed by atoms with van der Waals surface area (Å²) in [5.41, 5.74) is 5.35. The van der Waals surface area contributed by atoms with E-state index in [9.17, 15) is 23.5 Å². The Morgan fingerprint density at radius 1 is 1.22 bits per heavy atom. The number of piperazine rings is 1. The Labute approximate surface area is 212 Å². The number of nitrogens with zero attached hydrogens (tertiary/aromatic N) is 3. The monoisotopic (exact) mass is 526 g/mol. The number of amides is 3. The summed E-state index contributed by atoms with van der Waals surface area (Å²) in [5.74, 6) is -2.34. The number of hydrogen-bond donors (Lipinski definition) is 4. The van der Waals surface area contributed by atoms with Crippen LogP contribution in [0.25, 0.3) is 0 Å². The molecule has 0 radical (unpaired) electrons. The Bertz CT molecular complexity index is 1060. The minimum absolute atomic E-state index is 0.0556. The van der Waals surface area contributed by atoms with E-state index in [1.54, 1.807) is 0 Å². The number of carbonyl (C=O) groups is 2. The van der Waals surface area contributed by atoms with E-state index < -0.39 is 29.7 Å². The average Bonchev–Trinajstić information content (AvgIpc) is 3.22. The largest absolute Gasteiger partial charge is 0.471 e. The van der Waals surface area contributed by atoms with E-state index in [1.165, 1.54) is 6.92 Å². The van der Waals surface area contributed by atoms with Crippen LogP contribution in [0.3, 0.4) is 0 Å². The number of aryl methyl sites for hydroxylation is 1. The average molecular weight is 527 g/mol. The van der Waals surface area contributed by atoms with Crippen LogP contribution < -0.4 is 21.1 Å². The lowest BCUT2D eigenvalue weighted by atomic mass is 10.1. The van der Waals surface area contributed by atoms with Crippen LogP contribution in [0.15, 0.2) is 12.1 Å². The minimum Gasteiger partial charge on any atom is -0.471 e. The highest BCUT2D eigenvalue weighted by atomic mass is 32.1. The predicted octanol–water partition coefficient (Wildman–Crippen LogP) is 1.92. The lowest BCUT2D eigenvalue weighted by Gasteiger charge is -2.32. The zero-order valence-corrected chi connectivity index (χ0v) is 21.2. The van der Waals surface area contributed by atoms with Gasteiger partial charge in [0.2, 0.25) is 5.88 Å². The van der Waals surface area contributed by atoms with E-state index >= 15 is 0 Å². The fraction of sp³-hybridized carbons (Fsp3) is 0.522. The van der Waals surface area contributed by atoms with Gasteiger partial charge in [-0.2, -0.15) is 4.37 Å². The highest BCUT2D eigenvalue weighted by Gasteiger charge is 2.23. The number of anilines is 1. The normalized spacial score (nSPS) is 15.5. The van der Waals surface area contributed by atoms with Crippen molar-refractivity contribution < 1.29 is 28.2 Å². The maximum absolute atomic E-state index is 14.1. The van der Waals surface area contributed by atoms with Gasteiger partial charge < -0.3 is 30.7 Å². The first-order chi connectivity index (χ1) is 17.1. The van der Waals surface area contributed by atoms with Gasteiger partial charge in [0, 0.05) is 44.8 Å². The molecule has 5 N–H and O–H groups in total. The SMILES string of the molecule is Cc1cc(F)c(COc2nsc(NC(=O)NCCC(O)CCN3CCN(C)CC3)c2C(N)=O)cc1F. The van der Waals surface area contributed by atoms with Gasteiger partial charge >= 0.3 is 6.03 Å². The summed E-state index contributed by atoms with van der Waals surface area (Å²) in [5, 5.41) is 15.4. The molecule has 1 aliphatic heterocycles. The molecular formula is C23H32F2N6O4S. The molecule has 1 unspecified atom stereocenters. The maximum atomic E-state index is 14.1. The number of urea groups is 1. The van der Waals surface area contributed by atoms with Crippen molar-refractivity contribution in [2.45, 2.75) is 32.5 Å². The van der Waals surface area contributed by atoms with Crippen molar-refractivity contribution in [2.24, 2.45) is 5.73 Å². The number of likely N-dealkylation sites (N-methyl/N-ethyl adjacent to an activating group) is 1. The van der Waals surface area contributed by atoms with Crippen LogP contribution in [0.1, 0.15) is 34.3 Å². The molecule has 3 amide bonds. The van der Waals surface area contributed by atoms with E-state index in [-0.39, 0.29) is 40.7 Å². The van der Waals surface area contributed by atoms with Gasteiger partial charge in [-0.25, -0.2) is 13.6 Å². The number of rotatable bonds is 11. The highest BCUT2D eigenvalue weighted by molar-refractivity contribution is 7.11. The molecule has 0 aliphatic carbocycles. The second kappa shape index (κ2) is 12.9. The molecule has 1 saturated heterocycles. The van der Waals surface area contributed by atoms with E-state index in [4.69, 9.17) is 10.5 Å². The van der Waals surface area contributed by atoms with E-state index in [0.29, 0.717) is 12.8 Å². The zero-order valence-electron chi connectivity index (χ0n) is 20.4. The fourth-order valence-electron chi connectivity index (χ4n) is 3.67. The van der Waals surface area contributed by atoms with Gasteiger partial charge in [-0.15, -0.1) is 0 Å². The van der Waals surface area contributed by atoms with Crippen molar-refractivity contribution in [1.29, 1.82) is 0 Å². The molecule has 1 aliphatic rings. The molecule has 0 bridgehead atoms. The van der Waals surface area contributed by atoms with Gasteiger partial charge in [0.05, 0.1) is 6.10 Å². The summed E-state index contributed by atoms with van der Waals surface area (Å²) in [6.07, 6.45) is 0.431. The number of carbonyl (C=O) groups excluding carboxylic acids is 2. The van der Waals surface area contributed by atoms with Crippen molar-refractivity contribution >= 4 is 28.5 Å². The van der Waals surface area contributed by atoms with E-state index in [0.717, 1.165) is 56.4 Å². The van der Waals surface area contributed by atoms with Crippen molar-refractivity contribution in [3.8, 4) is 5.88 Å². The Morgan fingerprint density at radius 2 is 1.94 bits per heavy atom. The Morgan fingerprint density at radius 3 is 2.64 bits per heavy atom. The smallest absolute Gasteiger partial charge is 0.319 e. The van der Waals surface area contributed by atoms with Crippen LogP contribution in [0, 0.1) is 18.6 Å². The molecule has 0 saturated carbocycles. The number of aliphatic hydroxyl groups excluding tert-OH is 1. The quantitative estimate of drug-likeness (QED) is 0.352. The molecule has 1 aromatic heterocycles. The number of aromatic nitrogens is 1. The van der Waals surface area contributed by atoms with Crippen LogP contribution in [0.5, 0.6) is 5.88 Å². The van der Waals surface area contributed by atoms with Crippen LogP contribution >= 0.6 is 11.5 Å². The zero-order chi connectivity index (χ0) is 26.2. The number of aliphatic hydroxyl groups is 1. The van der Waals surface area contributed by atoms with E-state index in [1.807, 2.05) is 0 Å². The van der Waals surface area contributed by atoms with Crippen LogP contribution in [-0.2, 0) is 6.61 Å². The standard InChI is InChI=1S/C23H32F2N6O4S/c1-14-11-18(25)15(12-17(14)24)13-35-21-19(20(26)33)22(36-29-21)28-23(34)27-5-3-16(32)4-6-31-9-7-30(2)8-10-31/h11-12,16,32H,3-10,13H2,1-2H3,(H2,26,33)(H2,27,28,34). The van der Waals surface area contributed by atoms with Gasteiger partial charge in [-0.05, 0) is 56.0 Å². The van der Waals surface area contributed by atoms with Gasteiger partial charge in [-0.3, -0.25) is 10.1 Å². The molecule has 2 aromatic rings. The topological polar surface area (TPSA) is 133 Å². The van der Waals surface area contributed by atoms with E-state index in [2.05, 4.69) is 31.9 Å². The summed E-state index contributed by atoms with van der Waals surface area (Å²) in [6.45, 7) is 6.05. The number of benzene rings is 1. The minimum atomic E-state index is -0.899. The molecule has 198 valence electrons. The number of halogens is 2. The van der Waals surface area contributed by atoms with Crippen molar-refractivity contribution in [3.63, 3.8) is 0 Å². The third-order valence-electron chi connectivity index (χ3n) is 5.96. The second-order valence-corrected chi connectivity index (χ2v) is 9.57. The summed E-state index contributed by atoms with van der Waals surface area (Å²) in [4.78, 5) is 28.8. The van der Waals surface area contributed by atoms with Gasteiger partial charge in [0.15, 0.2) is 0 Å². The van der Waals surface area contributed by atoms with Crippen molar-refractivity contribution in [1.82, 2.24) is 19.5 Å². The molecule has 0 spiro atoms. The predicted molar refractivity (Wildman–Crippen MR) is 132 cm³/mol. The first-order valence-corrected chi connectivity index (χ1v) is 12.4. The highest BCUT2D eigenvalue weighted by Crippen LogP contribution is 2.31. The molecule has 10 nitrogen and oxygen atoms in total. The Hall–Kier alpha value is -2.87. The molecule has 1 fully saturated rings. The third kappa shape index (κ3) is 7.82. The van der Waals surface area contributed by atoms with Crippen molar-refractivity contribution in [3.05, 3.63) is 40.5 Å².